The van der Waals surface area contributed by atoms with E-state index in [-0.39, 0.29) is 11.9 Å². The van der Waals surface area contributed by atoms with Gasteiger partial charge < -0.3 is 5.32 Å². The molecule has 0 amide bonds. The van der Waals surface area contributed by atoms with Crippen molar-refractivity contribution in [2.75, 3.05) is 0 Å². The Morgan fingerprint density at radius 2 is 1.95 bits per heavy atom. The van der Waals surface area contributed by atoms with Gasteiger partial charge in [-0.15, -0.1) is 0 Å². The fourth-order valence-electron chi connectivity index (χ4n) is 1.95. The van der Waals surface area contributed by atoms with Crippen LogP contribution < -0.4 is 5.32 Å². The Balaban J connectivity index is 1.96. The van der Waals surface area contributed by atoms with Crippen molar-refractivity contribution in [2.45, 2.75) is 39.4 Å². The van der Waals surface area contributed by atoms with E-state index in [4.69, 9.17) is 0 Å². The van der Waals surface area contributed by atoms with E-state index in [0.717, 1.165) is 5.69 Å². The lowest BCUT2D eigenvalue weighted by atomic mass is 10.1. The van der Waals surface area contributed by atoms with Crippen LogP contribution in [0.15, 0.2) is 36.5 Å². The summed E-state index contributed by atoms with van der Waals surface area (Å²) in [5, 5.41) is 7.75. The number of nitrogens with one attached hydrogen (secondary N) is 1. The molecule has 1 heterocycles. The Kier molecular flexibility index (Phi) is 4.32. The van der Waals surface area contributed by atoms with Gasteiger partial charge in [0.05, 0.1) is 5.69 Å². The van der Waals surface area contributed by atoms with E-state index in [2.05, 4.69) is 24.3 Å². The number of hydrogen-bond donors (Lipinski definition) is 1. The molecule has 0 radical (unpaired) electrons. The van der Waals surface area contributed by atoms with Gasteiger partial charge >= 0.3 is 0 Å². The van der Waals surface area contributed by atoms with Crippen LogP contribution in [-0.2, 0) is 6.54 Å². The fraction of sp³-hybridized carbons (Fsp3) is 0.400. The van der Waals surface area contributed by atoms with Gasteiger partial charge in [0.1, 0.15) is 5.82 Å². The highest BCUT2D eigenvalue weighted by atomic mass is 19.1. The molecule has 1 aromatic carbocycles. The molecule has 3 nitrogen and oxygen atoms in total. The summed E-state index contributed by atoms with van der Waals surface area (Å²) in [5.74, 6) is -0.171. The van der Waals surface area contributed by atoms with Gasteiger partial charge in [-0.1, -0.05) is 18.2 Å². The first-order valence-electron chi connectivity index (χ1n) is 6.59. The molecule has 1 aromatic heterocycles. The number of benzene rings is 1. The third-order valence-corrected chi connectivity index (χ3v) is 3.15. The van der Waals surface area contributed by atoms with Crippen molar-refractivity contribution in [3.8, 4) is 0 Å². The highest BCUT2D eigenvalue weighted by Crippen LogP contribution is 2.16. The highest BCUT2D eigenvalue weighted by molar-refractivity contribution is 5.20. The highest BCUT2D eigenvalue weighted by Gasteiger charge is 2.10. The summed E-state index contributed by atoms with van der Waals surface area (Å²) in [4.78, 5) is 0. The SMILES string of the molecule is CC(C)n1ccc(CN[C@H](C)c2ccccc2F)n1. The second-order valence-electron chi connectivity index (χ2n) is 5.00. The first-order valence-corrected chi connectivity index (χ1v) is 6.59. The maximum atomic E-state index is 13.6. The van der Waals surface area contributed by atoms with Crippen LogP contribution in [0.1, 0.15) is 44.1 Å². The topological polar surface area (TPSA) is 29.9 Å². The summed E-state index contributed by atoms with van der Waals surface area (Å²) >= 11 is 0. The number of rotatable bonds is 5. The van der Waals surface area contributed by atoms with E-state index in [1.807, 2.05) is 29.9 Å². The molecule has 0 aliphatic carbocycles. The second-order valence-corrected chi connectivity index (χ2v) is 5.00. The van der Waals surface area contributed by atoms with E-state index < -0.39 is 0 Å². The Morgan fingerprint density at radius 1 is 1.21 bits per heavy atom. The summed E-state index contributed by atoms with van der Waals surface area (Å²) in [6, 6.07) is 9.16. The molecule has 0 fully saturated rings. The first kappa shape index (κ1) is 13.7. The molecule has 0 spiro atoms. The van der Waals surface area contributed by atoms with Crippen molar-refractivity contribution in [3.05, 3.63) is 53.6 Å². The third kappa shape index (κ3) is 3.41. The smallest absolute Gasteiger partial charge is 0.127 e. The summed E-state index contributed by atoms with van der Waals surface area (Å²) in [6.07, 6.45) is 1.97. The van der Waals surface area contributed by atoms with E-state index in [1.54, 1.807) is 12.1 Å². The number of hydrogen-bond acceptors (Lipinski definition) is 2. The van der Waals surface area contributed by atoms with Crippen LogP contribution in [-0.4, -0.2) is 9.78 Å². The Labute approximate surface area is 113 Å². The molecule has 1 atom stereocenters. The quantitative estimate of drug-likeness (QED) is 0.893. The second kappa shape index (κ2) is 5.97. The van der Waals surface area contributed by atoms with E-state index in [1.165, 1.54) is 6.07 Å². The van der Waals surface area contributed by atoms with Crippen LogP contribution in [0.3, 0.4) is 0 Å². The number of nitrogens with zero attached hydrogens (tertiary/aromatic N) is 2. The summed E-state index contributed by atoms with van der Waals surface area (Å²) in [5.41, 5.74) is 1.66. The molecule has 1 N–H and O–H groups in total. The van der Waals surface area contributed by atoms with Crippen molar-refractivity contribution in [1.29, 1.82) is 0 Å². The zero-order valence-corrected chi connectivity index (χ0v) is 11.6. The van der Waals surface area contributed by atoms with Crippen LogP contribution >= 0.6 is 0 Å². The maximum Gasteiger partial charge on any atom is 0.127 e. The lowest BCUT2D eigenvalue weighted by Gasteiger charge is -2.14. The summed E-state index contributed by atoms with van der Waals surface area (Å²) < 4.78 is 15.5. The summed E-state index contributed by atoms with van der Waals surface area (Å²) in [6.45, 7) is 6.77. The van der Waals surface area contributed by atoms with Crippen molar-refractivity contribution < 1.29 is 4.39 Å². The predicted molar refractivity (Wildman–Crippen MR) is 74.3 cm³/mol. The standard InChI is InChI=1S/C15H20FN3/c1-11(2)19-9-8-13(18-19)10-17-12(3)14-6-4-5-7-15(14)16/h4-9,11-12,17H,10H2,1-3H3/t12-/m1/s1. The van der Waals surface area contributed by atoms with Crippen LogP contribution in [0.2, 0.25) is 0 Å². The van der Waals surface area contributed by atoms with E-state index >= 15 is 0 Å². The molecule has 4 heteroatoms. The molecule has 0 saturated carbocycles. The van der Waals surface area contributed by atoms with Crippen LogP contribution in [0, 0.1) is 5.82 Å². The van der Waals surface area contributed by atoms with E-state index in [0.29, 0.717) is 18.2 Å². The Bertz CT molecular complexity index is 534. The van der Waals surface area contributed by atoms with E-state index in [9.17, 15) is 4.39 Å². The molecule has 102 valence electrons. The molecule has 0 aliphatic rings. The van der Waals surface area contributed by atoms with Crippen molar-refractivity contribution >= 4 is 0 Å². The minimum Gasteiger partial charge on any atom is -0.304 e. The molecule has 0 aliphatic heterocycles. The molecule has 0 saturated heterocycles. The molecular formula is C15H20FN3. The zero-order valence-electron chi connectivity index (χ0n) is 11.6. The number of halogens is 1. The van der Waals surface area contributed by atoms with Crippen LogP contribution in [0.5, 0.6) is 0 Å². The average Bonchev–Trinajstić information content (AvgIpc) is 2.85. The van der Waals surface area contributed by atoms with Crippen molar-refractivity contribution in [1.82, 2.24) is 15.1 Å². The monoisotopic (exact) mass is 261 g/mol. The van der Waals surface area contributed by atoms with Gasteiger partial charge in [0.2, 0.25) is 0 Å². The molecule has 2 rings (SSSR count). The number of aromatic nitrogens is 2. The largest absolute Gasteiger partial charge is 0.304 e. The van der Waals surface area contributed by atoms with Gasteiger partial charge in [0.25, 0.3) is 0 Å². The van der Waals surface area contributed by atoms with Crippen molar-refractivity contribution in [2.24, 2.45) is 0 Å². The predicted octanol–water partition coefficient (Wildman–Crippen LogP) is 3.45. The van der Waals surface area contributed by atoms with Gasteiger partial charge in [-0.3, -0.25) is 4.68 Å². The van der Waals surface area contributed by atoms with Gasteiger partial charge in [0.15, 0.2) is 0 Å². The van der Waals surface area contributed by atoms with Gasteiger partial charge in [-0.25, -0.2) is 4.39 Å². The normalized spacial score (nSPS) is 12.9. The van der Waals surface area contributed by atoms with Crippen LogP contribution in [0.25, 0.3) is 0 Å². The molecule has 0 unspecified atom stereocenters. The van der Waals surface area contributed by atoms with Crippen LogP contribution in [0.4, 0.5) is 4.39 Å². The minimum absolute atomic E-state index is 0.0367. The average molecular weight is 261 g/mol. The molecule has 0 bridgehead atoms. The van der Waals surface area contributed by atoms with Gasteiger partial charge in [0, 0.05) is 30.4 Å². The molecule has 19 heavy (non-hydrogen) atoms. The maximum absolute atomic E-state index is 13.6. The summed E-state index contributed by atoms with van der Waals surface area (Å²) in [7, 11) is 0. The molecular weight excluding hydrogens is 241 g/mol. The third-order valence-electron chi connectivity index (χ3n) is 3.15. The van der Waals surface area contributed by atoms with Gasteiger partial charge in [-0.05, 0) is 32.9 Å². The Morgan fingerprint density at radius 3 is 2.58 bits per heavy atom. The zero-order chi connectivity index (χ0) is 13.8. The lowest BCUT2D eigenvalue weighted by Crippen LogP contribution is -2.19. The fourth-order valence-corrected chi connectivity index (χ4v) is 1.95. The first-order chi connectivity index (χ1) is 9.08. The van der Waals surface area contributed by atoms with Crippen molar-refractivity contribution in [3.63, 3.8) is 0 Å². The minimum atomic E-state index is -0.171. The lowest BCUT2D eigenvalue weighted by molar-refractivity contribution is 0.502. The van der Waals surface area contributed by atoms with Gasteiger partial charge in [-0.2, -0.15) is 5.10 Å². The molecule has 2 aromatic rings. The Hall–Kier alpha value is -1.68.